The van der Waals surface area contributed by atoms with Crippen LogP contribution in [0.4, 0.5) is 5.82 Å². The Morgan fingerprint density at radius 3 is 3.07 bits per heavy atom. The molecule has 1 aliphatic heterocycles. The zero-order valence-corrected chi connectivity index (χ0v) is 9.32. The maximum atomic E-state index is 4.44. The maximum Gasteiger partial charge on any atom is 0.128 e. The minimum Gasteiger partial charge on any atom is -0.352 e. The van der Waals surface area contributed by atoms with Crippen molar-refractivity contribution in [3.05, 3.63) is 24.4 Å². The van der Waals surface area contributed by atoms with Gasteiger partial charge in [0.2, 0.25) is 0 Å². The first-order chi connectivity index (χ1) is 7.42. The van der Waals surface area contributed by atoms with Crippen molar-refractivity contribution in [1.82, 2.24) is 10.3 Å². The van der Waals surface area contributed by atoms with Crippen molar-refractivity contribution in [3.8, 4) is 0 Å². The third kappa shape index (κ3) is 2.48. The summed E-state index contributed by atoms with van der Waals surface area (Å²) in [5, 5.41) is 3.41. The quantitative estimate of drug-likeness (QED) is 0.810. The van der Waals surface area contributed by atoms with Crippen LogP contribution in [0.3, 0.4) is 0 Å². The Morgan fingerprint density at radius 2 is 2.47 bits per heavy atom. The number of nitrogens with zero attached hydrogens (tertiary/aromatic N) is 2. The van der Waals surface area contributed by atoms with E-state index < -0.39 is 0 Å². The number of aromatic nitrogens is 1. The van der Waals surface area contributed by atoms with E-state index in [0.29, 0.717) is 6.04 Å². The summed E-state index contributed by atoms with van der Waals surface area (Å²) in [5.74, 6) is 1.12. The van der Waals surface area contributed by atoms with Gasteiger partial charge >= 0.3 is 0 Å². The molecule has 15 heavy (non-hydrogen) atoms. The number of pyridine rings is 1. The van der Waals surface area contributed by atoms with Crippen molar-refractivity contribution < 1.29 is 0 Å². The van der Waals surface area contributed by atoms with Crippen LogP contribution in [-0.2, 0) is 0 Å². The first-order valence-electron chi connectivity index (χ1n) is 5.80. The minimum absolute atomic E-state index is 0.625. The monoisotopic (exact) mass is 205 g/mol. The van der Waals surface area contributed by atoms with Crippen LogP contribution in [-0.4, -0.2) is 30.7 Å². The van der Waals surface area contributed by atoms with E-state index >= 15 is 0 Å². The Bertz CT molecular complexity index is 280. The molecule has 1 aromatic heterocycles. The standard InChI is InChI=1S/C12H19N3/c1-2-9-15(11-6-8-13-10-11)12-5-3-4-7-14-12/h3-5,7,11,13H,2,6,8-10H2,1H3. The molecule has 1 N–H and O–H groups in total. The third-order valence-corrected chi connectivity index (χ3v) is 2.88. The molecule has 0 aliphatic carbocycles. The van der Waals surface area contributed by atoms with Crippen molar-refractivity contribution in [2.45, 2.75) is 25.8 Å². The maximum absolute atomic E-state index is 4.44. The Hall–Kier alpha value is -1.09. The molecule has 82 valence electrons. The van der Waals surface area contributed by atoms with E-state index in [1.807, 2.05) is 12.3 Å². The van der Waals surface area contributed by atoms with Crippen LogP contribution >= 0.6 is 0 Å². The zero-order chi connectivity index (χ0) is 10.5. The molecule has 0 spiro atoms. The Labute approximate surface area is 91.5 Å². The second-order valence-electron chi connectivity index (χ2n) is 4.03. The van der Waals surface area contributed by atoms with E-state index in [-0.39, 0.29) is 0 Å². The number of rotatable bonds is 4. The van der Waals surface area contributed by atoms with E-state index in [1.165, 1.54) is 12.8 Å². The van der Waals surface area contributed by atoms with Crippen molar-refractivity contribution in [3.63, 3.8) is 0 Å². The lowest BCUT2D eigenvalue weighted by molar-refractivity contribution is 0.618. The average Bonchev–Trinajstić information content (AvgIpc) is 2.80. The molecule has 3 heteroatoms. The molecule has 0 amide bonds. The smallest absolute Gasteiger partial charge is 0.128 e. The van der Waals surface area contributed by atoms with Gasteiger partial charge in [0.25, 0.3) is 0 Å². The molecule has 2 rings (SSSR count). The second kappa shape index (κ2) is 5.12. The Kier molecular flexibility index (Phi) is 3.56. The highest BCUT2D eigenvalue weighted by Gasteiger charge is 2.22. The van der Waals surface area contributed by atoms with Gasteiger partial charge in [-0.2, -0.15) is 0 Å². The molecule has 1 atom stereocenters. The van der Waals surface area contributed by atoms with Gasteiger partial charge in [-0.1, -0.05) is 13.0 Å². The molecule has 0 radical (unpaired) electrons. The van der Waals surface area contributed by atoms with Crippen molar-refractivity contribution in [2.24, 2.45) is 0 Å². The lowest BCUT2D eigenvalue weighted by Crippen LogP contribution is -2.38. The fourth-order valence-corrected chi connectivity index (χ4v) is 2.15. The average molecular weight is 205 g/mol. The third-order valence-electron chi connectivity index (χ3n) is 2.88. The van der Waals surface area contributed by atoms with Gasteiger partial charge < -0.3 is 10.2 Å². The van der Waals surface area contributed by atoms with Crippen molar-refractivity contribution in [1.29, 1.82) is 0 Å². The van der Waals surface area contributed by atoms with E-state index in [2.05, 4.69) is 34.3 Å². The van der Waals surface area contributed by atoms with Gasteiger partial charge in [0.05, 0.1) is 0 Å². The van der Waals surface area contributed by atoms with Crippen LogP contribution in [0.1, 0.15) is 19.8 Å². The first-order valence-corrected chi connectivity index (χ1v) is 5.80. The zero-order valence-electron chi connectivity index (χ0n) is 9.32. The molecule has 1 fully saturated rings. The summed E-state index contributed by atoms with van der Waals surface area (Å²) in [6, 6.07) is 6.77. The van der Waals surface area contributed by atoms with E-state index in [0.717, 1.165) is 25.5 Å². The summed E-state index contributed by atoms with van der Waals surface area (Å²) >= 11 is 0. The number of hydrogen-bond donors (Lipinski definition) is 1. The second-order valence-corrected chi connectivity index (χ2v) is 4.03. The van der Waals surface area contributed by atoms with Crippen molar-refractivity contribution >= 4 is 5.82 Å². The molecule has 1 saturated heterocycles. The van der Waals surface area contributed by atoms with Crippen LogP contribution in [0.5, 0.6) is 0 Å². The fraction of sp³-hybridized carbons (Fsp3) is 0.583. The van der Waals surface area contributed by atoms with Gasteiger partial charge in [-0.15, -0.1) is 0 Å². The number of hydrogen-bond acceptors (Lipinski definition) is 3. The lowest BCUT2D eigenvalue weighted by atomic mass is 10.2. The number of nitrogens with one attached hydrogen (secondary N) is 1. The highest BCUT2D eigenvalue weighted by molar-refractivity contribution is 5.39. The fourth-order valence-electron chi connectivity index (χ4n) is 2.15. The van der Waals surface area contributed by atoms with E-state index in [4.69, 9.17) is 0 Å². The molecule has 1 aliphatic rings. The van der Waals surface area contributed by atoms with Crippen molar-refractivity contribution in [2.75, 3.05) is 24.5 Å². The van der Waals surface area contributed by atoms with Gasteiger partial charge in [0, 0.05) is 25.3 Å². The molecule has 1 aromatic rings. The topological polar surface area (TPSA) is 28.2 Å². The Balaban J connectivity index is 2.11. The van der Waals surface area contributed by atoms with Crippen LogP contribution in [0.15, 0.2) is 24.4 Å². The summed E-state index contributed by atoms with van der Waals surface area (Å²) < 4.78 is 0. The number of anilines is 1. The molecular weight excluding hydrogens is 186 g/mol. The van der Waals surface area contributed by atoms with Crippen LogP contribution < -0.4 is 10.2 Å². The highest BCUT2D eigenvalue weighted by atomic mass is 15.2. The van der Waals surface area contributed by atoms with Crippen LogP contribution in [0, 0.1) is 0 Å². The summed E-state index contributed by atoms with van der Waals surface area (Å²) in [6.45, 7) is 5.55. The molecule has 1 unspecified atom stereocenters. The first kappa shape index (κ1) is 10.4. The largest absolute Gasteiger partial charge is 0.352 e. The normalized spacial score (nSPS) is 20.5. The predicted octanol–water partition coefficient (Wildman–Crippen LogP) is 1.66. The SMILES string of the molecule is CCCN(c1ccccn1)C1CCNC1. The lowest BCUT2D eigenvalue weighted by Gasteiger charge is -2.29. The molecule has 3 nitrogen and oxygen atoms in total. The molecule has 2 heterocycles. The predicted molar refractivity (Wildman–Crippen MR) is 63.1 cm³/mol. The van der Waals surface area contributed by atoms with Gasteiger partial charge in [-0.05, 0) is 31.5 Å². The van der Waals surface area contributed by atoms with E-state index in [9.17, 15) is 0 Å². The highest BCUT2D eigenvalue weighted by Crippen LogP contribution is 2.17. The van der Waals surface area contributed by atoms with E-state index in [1.54, 1.807) is 0 Å². The van der Waals surface area contributed by atoms with Gasteiger partial charge in [-0.3, -0.25) is 0 Å². The molecule has 0 aromatic carbocycles. The van der Waals surface area contributed by atoms with Gasteiger partial charge in [0.15, 0.2) is 0 Å². The summed E-state index contributed by atoms with van der Waals surface area (Å²) in [5.41, 5.74) is 0. The van der Waals surface area contributed by atoms with Gasteiger partial charge in [0.1, 0.15) is 5.82 Å². The van der Waals surface area contributed by atoms with Crippen LogP contribution in [0.25, 0.3) is 0 Å². The summed E-state index contributed by atoms with van der Waals surface area (Å²) in [6.07, 6.45) is 4.28. The Morgan fingerprint density at radius 1 is 1.53 bits per heavy atom. The summed E-state index contributed by atoms with van der Waals surface area (Å²) in [7, 11) is 0. The molecule has 0 saturated carbocycles. The minimum atomic E-state index is 0.625. The van der Waals surface area contributed by atoms with Crippen LogP contribution in [0.2, 0.25) is 0 Å². The molecule has 0 bridgehead atoms. The summed E-state index contributed by atoms with van der Waals surface area (Å²) in [4.78, 5) is 6.87. The van der Waals surface area contributed by atoms with Gasteiger partial charge in [-0.25, -0.2) is 4.98 Å². The molecular formula is C12H19N3.